The lowest BCUT2D eigenvalue weighted by Gasteiger charge is -2.30. The molecule has 0 spiro atoms. The van der Waals surface area contributed by atoms with Crippen LogP contribution in [0.3, 0.4) is 0 Å². The summed E-state index contributed by atoms with van der Waals surface area (Å²) in [5.74, 6) is 2.28. The fourth-order valence-electron chi connectivity index (χ4n) is 7.67. The highest BCUT2D eigenvalue weighted by Crippen LogP contribution is 2.49. The Bertz CT molecular complexity index is 2560. The van der Waals surface area contributed by atoms with Crippen molar-refractivity contribution in [1.29, 1.82) is 0 Å². The van der Waals surface area contributed by atoms with Crippen molar-refractivity contribution in [3.05, 3.63) is 175 Å². The molecule has 0 amide bonds. The average molecular weight is 627 g/mol. The first-order chi connectivity index (χ1) is 24.3. The first kappa shape index (κ1) is 27.7. The Hall–Kier alpha value is -6.39. The molecule has 8 aromatic rings. The Morgan fingerprint density at radius 3 is 1.71 bits per heavy atom. The molecule has 0 radical (unpaired) electrons. The zero-order valence-electron chi connectivity index (χ0n) is 26.6. The first-order valence-corrected chi connectivity index (χ1v) is 16.8. The highest BCUT2D eigenvalue weighted by molar-refractivity contribution is 6.05. The molecule has 2 atom stereocenters. The lowest BCUT2D eigenvalue weighted by Crippen LogP contribution is -2.28. The highest BCUT2D eigenvalue weighted by atomic mass is 15.2. The molecular formula is C45H30N4. The summed E-state index contributed by atoms with van der Waals surface area (Å²) >= 11 is 0. The summed E-state index contributed by atoms with van der Waals surface area (Å²) in [5, 5.41) is 6.95. The fraction of sp³-hybridized carbons (Fsp3) is 0.0444. The Kier molecular flexibility index (Phi) is 6.28. The monoisotopic (exact) mass is 626 g/mol. The van der Waals surface area contributed by atoms with Gasteiger partial charge >= 0.3 is 0 Å². The van der Waals surface area contributed by atoms with Crippen LogP contribution >= 0.6 is 0 Å². The Balaban J connectivity index is 1.18. The number of anilines is 2. The molecule has 4 heteroatoms. The Labute approximate surface area is 284 Å². The van der Waals surface area contributed by atoms with E-state index >= 15 is 0 Å². The van der Waals surface area contributed by atoms with E-state index in [4.69, 9.17) is 15.0 Å². The van der Waals surface area contributed by atoms with Crippen molar-refractivity contribution in [2.24, 2.45) is 0 Å². The van der Waals surface area contributed by atoms with Gasteiger partial charge in [0.25, 0.3) is 0 Å². The van der Waals surface area contributed by atoms with Gasteiger partial charge in [-0.25, -0.2) is 15.0 Å². The number of fused-ring (bicyclic) bond motifs is 6. The van der Waals surface area contributed by atoms with Crippen molar-refractivity contribution in [2.75, 3.05) is 4.90 Å². The predicted molar refractivity (Wildman–Crippen MR) is 202 cm³/mol. The summed E-state index contributed by atoms with van der Waals surface area (Å²) in [5.41, 5.74) is 6.69. The molecule has 10 rings (SSSR count). The number of rotatable bonds is 4. The van der Waals surface area contributed by atoms with Crippen molar-refractivity contribution in [1.82, 2.24) is 15.0 Å². The van der Waals surface area contributed by atoms with Gasteiger partial charge in [0.15, 0.2) is 17.5 Å². The average Bonchev–Trinajstić information content (AvgIpc) is 3.51. The number of allylic oxidation sites excluding steroid dienone is 2. The molecule has 1 aliphatic carbocycles. The summed E-state index contributed by atoms with van der Waals surface area (Å²) in [6.45, 7) is 0. The molecule has 230 valence electrons. The van der Waals surface area contributed by atoms with Gasteiger partial charge in [-0.3, -0.25) is 0 Å². The molecule has 1 aromatic heterocycles. The van der Waals surface area contributed by atoms with Crippen LogP contribution < -0.4 is 4.90 Å². The molecule has 4 nitrogen and oxygen atoms in total. The maximum absolute atomic E-state index is 5.19. The summed E-state index contributed by atoms with van der Waals surface area (Å²) in [7, 11) is 0. The van der Waals surface area contributed by atoms with E-state index in [0.29, 0.717) is 23.4 Å². The van der Waals surface area contributed by atoms with Gasteiger partial charge in [-0.1, -0.05) is 140 Å². The standard InChI is InChI=1S/C45H30N4/c1-3-13-31-27-33(23-21-29(31)11-1)43-46-44(34-24-22-30-12-2-4-14-32(30)28-34)48-45(47-43)39-25-26-42(36-16-6-5-15-35(36)39)49-40-19-9-7-17-37(40)38-18-8-10-20-41(38)49/h1-28,37,40H. The minimum atomic E-state index is 0.216. The van der Waals surface area contributed by atoms with Gasteiger partial charge in [0.05, 0.1) is 6.04 Å². The fourth-order valence-corrected chi connectivity index (χ4v) is 7.67. The normalized spacial score (nSPS) is 16.4. The molecule has 1 aliphatic heterocycles. The zero-order chi connectivity index (χ0) is 32.3. The second-order valence-corrected chi connectivity index (χ2v) is 12.8. The Morgan fingerprint density at radius 2 is 1.00 bits per heavy atom. The molecule has 49 heavy (non-hydrogen) atoms. The smallest absolute Gasteiger partial charge is 0.164 e. The van der Waals surface area contributed by atoms with Crippen molar-refractivity contribution in [3.8, 4) is 34.2 Å². The lowest BCUT2D eigenvalue weighted by atomic mass is 9.91. The third kappa shape index (κ3) is 4.56. The molecule has 0 N–H and O–H groups in total. The number of benzene rings is 7. The molecule has 2 unspecified atom stereocenters. The van der Waals surface area contributed by atoms with E-state index in [-0.39, 0.29) is 6.04 Å². The number of para-hydroxylation sites is 1. The molecule has 0 bridgehead atoms. The van der Waals surface area contributed by atoms with Gasteiger partial charge in [-0.15, -0.1) is 0 Å². The maximum Gasteiger partial charge on any atom is 0.164 e. The second-order valence-electron chi connectivity index (χ2n) is 12.8. The van der Waals surface area contributed by atoms with Crippen molar-refractivity contribution < 1.29 is 0 Å². The summed E-state index contributed by atoms with van der Waals surface area (Å²) in [6, 6.07) is 51.8. The first-order valence-electron chi connectivity index (χ1n) is 16.8. The van der Waals surface area contributed by atoms with Crippen LogP contribution in [0.4, 0.5) is 11.4 Å². The van der Waals surface area contributed by atoms with Crippen molar-refractivity contribution in [3.63, 3.8) is 0 Å². The zero-order valence-corrected chi connectivity index (χ0v) is 26.6. The van der Waals surface area contributed by atoms with E-state index in [1.807, 2.05) is 0 Å². The molecule has 0 saturated heterocycles. The van der Waals surface area contributed by atoms with Gasteiger partial charge in [0, 0.05) is 39.4 Å². The van der Waals surface area contributed by atoms with E-state index in [0.717, 1.165) is 32.8 Å². The van der Waals surface area contributed by atoms with Crippen LogP contribution in [0.25, 0.3) is 66.5 Å². The topological polar surface area (TPSA) is 41.9 Å². The van der Waals surface area contributed by atoms with Gasteiger partial charge < -0.3 is 4.90 Å². The van der Waals surface area contributed by atoms with Gasteiger partial charge in [0.2, 0.25) is 0 Å². The van der Waals surface area contributed by atoms with E-state index in [9.17, 15) is 0 Å². The lowest BCUT2D eigenvalue weighted by molar-refractivity contribution is 0.746. The van der Waals surface area contributed by atoms with Crippen LogP contribution in [0.2, 0.25) is 0 Å². The number of nitrogens with zero attached hydrogens (tertiary/aromatic N) is 4. The minimum Gasteiger partial charge on any atom is -0.333 e. The van der Waals surface area contributed by atoms with Crippen molar-refractivity contribution >= 4 is 43.7 Å². The van der Waals surface area contributed by atoms with E-state index in [1.54, 1.807) is 0 Å². The van der Waals surface area contributed by atoms with Crippen LogP contribution in [0.1, 0.15) is 11.5 Å². The Morgan fingerprint density at radius 1 is 0.429 bits per heavy atom. The molecule has 0 fully saturated rings. The van der Waals surface area contributed by atoms with Crippen molar-refractivity contribution in [2.45, 2.75) is 12.0 Å². The third-order valence-corrected chi connectivity index (χ3v) is 10.0. The summed E-state index contributed by atoms with van der Waals surface area (Å²) in [6.07, 6.45) is 8.99. The van der Waals surface area contributed by atoms with Crippen LogP contribution in [0, 0.1) is 0 Å². The van der Waals surface area contributed by atoms with E-state index in [2.05, 4.69) is 175 Å². The number of hydrogen-bond acceptors (Lipinski definition) is 4. The second kappa shape index (κ2) is 11.1. The summed E-state index contributed by atoms with van der Waals surface area (Å²) < 4.78 is 0. The van der Waals surface area contributed by atoms with E-state index < -0.39 is 0 Å². The SMILES string of the molecule is C1=CC2c3ccccc3N(c3ccc(-c4nc(-c5ccc6ccccc6c5)nc(-c5ccc6ccccc6c5)n4)c4ccccc34)C2C=C1. The molecule has 0 saturated carbocycles. The minimum absolute atomic E-state index is 0.216. The third-order valence-electron chi connectivity index (χ3n) is 10.0. The molecule has 2 aliphatic rings. The molecule has 7 aromatic carbocycles. The number of hydrogen-bond donors (Lipinski definition) is 0. The molecule has 2 heterocycles. The highest BCUT2D eigenvalue weighted by Gasteiger charge is 2.37. The predicted octanol–water partition coefficient (Wildman–Crippen LogP) is 11.1. The quantitative estimate of drug-likeness (QED) is 0.195. The van der Waals surface area contributed by atoms with Crippen LogP contribution in [-0.4, -0.2) is 21.0 Å². The summed E-state index contributed by atoms with van der Waals surface area (Å²) in [4.78, 5) is 18.0. The van der Waals surface area contributed by atoms with Crippen LogP contribution in [0.15, 0.2) is 170 Å². The van der Waals surface area contributed by atoms with Crippen LogP contribution in [0.5, 0.6) is 0 Å². The van der Waals surface area contributed by atoms with Gasteiger partial charge in [-0.2, -0.15) is 0 Å². The van der Waals surface area contributed by atoms with Crippen LogP contribution in [-0.2, 0) is 0 Å². The van der Waals surface area contributed by atoms with Gasteiger partial charge in [-0.05, 0) is 62.8 Å². The number of aromatic nitrogens is 3. The van der Waals surface area contributed by atoms with Gasteiger partial charge in [0.1, 0.15) is 0 Å². The maximum atomic E-state index is 5.19. The molecular weight excluding hydrogens is 597 g/mol. The van der Waals surface area contributed by atoms with E-state index in [1.165, 1.54) is 33.1 Å². The largest absolute Gasteiger partial charge is 0.333 e.